The van der Waals surface area contributed by atoms with Crippen molar-refractivity contribution >= 4 is 0 Å². The van der Waals surface area contributed by atoms with E-state index in [0.29, 0.717) is 0 Å². The van der Waals surface area contributed by atoms with E-state index in [0.717, 1.165) is 25.6 Å². The van der Waals surface area contributed by atoms with Crippen LogP contribution in [0.1, 0.15) is 43.2 Å². The molecular formula is C16H26N2. The summed E-state index contributed by atoms with van der Waals surface area (Å²) < 4.78 is 0. The van der Waals surface area contributed by atoms with Gasteiger partial charge in [0.15, 0.2) is 0 Å². The molecule has 0 radical (unpaired) electrons. The second-order valence-electron chi connectivity index (χ2n) is 5.54. The van der Waals surface area contributed by atoms with Gasteiger partial charge < -0.3 is 5.73 Å². The Balaban J connectivity index is 1.94. The Kier molecular flexibility index (Phi) is 5.21. The Morgan fingerprint density at radius 3 is 2.72 bits per heavy atom. The highest BCUT2D eigenvalue weighted by atomic mass is 15.2. The molecule has 1 fully saturated rings. The minimum atomic E-state index is 0.753. The summed E-state index contributed by atoms with van der Waals surface area (Å²) in [6, 6.07) is 9.72. The molecule has 2 rings (SSSR count). The molecule has 0 aliphatic carbocycles. The average Bonchev–Trinajstić information content (AvgIpc) is 2.40. The van der Waals surface area contributed by atoms with Crippen LogP contribution >= 0.6 is 0 Å². The molecule has 1 aromatic rings. The molecular weight excluding hydrogens is 220 g/mol. The van der Waals surface area contributed by atoms with Gasteiger partial charge in [-0.15, -0.1) is 0 Å². The molecule has 1 aromatic carbocycles. The lowest BCUT2D eigenvalue weighted by atomic mass is 9.97. The molecule has 1 heterocycles. The topological polar surface area (TPSA) is 29.3 Å². The number of hydrogen-bond acceptors (Lipinski definition) is 2. The van der Waals surface area contributed by atoms with E-state index in [-0.39, 0.29) is 0 Å². The predicted octanol–water partition coefficient (Wildman–Crippen LogP) is 3.09. The standard InChI is InChI=1S/C16H26N2/c1-14-7-9-15(10-8-14)13-18-12-3-2-5-16(18)6-4-11-17/h7-10,16H,2-6,11-13,17H2,1H3. The largest absolute Gasteiger partial charge is 0.330 e. The maximum absolute atomic E-state index is 5.64. The van der Waals surface area contributed by atoms with Gasteiger partial charge >= 0.3 is 0 Å². The smallest absolute Gasteiger partial charge is 0.0236 e. The molecule has 2 heteroatoms. The molecule has 0 spiro atoms. The fraction of sp³-hybridized carbons (Fsp3) is 0.625. The van der Waals surface area contributed by atoms with Crippen LogP contribution in [0.2, 0.25) is 0 Å². The van der Waals surface area contributed by atoms with Crippen molar-refractivity contribution in [1.82, 2.24) is 4.90 Å². The second kappa shape index (κ2) is 6.91. The van der Waals surface area contributed by atoms with Crippen molar-refractivity contribution in [3.05, 3.63) is 35.4 Å². The molecule has 1 saturated heterocycles. The monoisotopic (exact) mass is 246 g/mol. The van der Waals surface area contributed by atoms with Crippen molar-refractivity contribution < 1.29 is 0 Å². The van der Waals surface area contributed by atoms with Gasteiger partial charge in [0.05, 0.1) is 0 Å². The number of nitrogens with zero attached hydrogens (tertiary/aromatic N) is 1. The first kappa shape index (κ1) is 13.6. The van der Waals surface area contributed by atoms with Gasteiger partial charge in [-0.1, -0.05) is 36.2 Å². The number of aryl methyl sites for hydroxylation is 1. The molecule has 0 aromatic heterocycles. The fourth-order valence-electron chi connectivity index (χ4n) is 2.88. The molecule has 1 aliphatic heterocycles. The van der Waals surface area contributed by atoms with Gasteiger partial charge in [0.2, 0.25) is 0 Å². The molecule has 0 amide bonds. The maximum atomic E-state index is 5.64. The van der Waals surface area contributed by atoms with Crippen LogP contribution in [-0.2, 0) is 6.54 Å². The number of piperidine rings is 1. The highest BCUT2D eigenvalue weighted by Gasteiger charge is 2.21. The lowest BCUT2D eigenvalue weighted by molar-refractivity contribution is 0.131. The zero-order chi connectivity index (χ0) is 12.8. The van der Waals surface area contributed by atoms with Crippen molar-refractivity contribution in [3.8, 4) is 0 Å². The third-order valence-corrected chi connectivity index (χ3v) is 4.00. The van der Waals surface area contributed by atoms with E-state index >= 15 is 0 Å². The molecule has 0 bridgehead atoms. The van der Waals surface area contributed by atoms with E-state index in [9.17, 15) is 0 Å². The van der Waals surface area contributed by atoms with Crippen LogP contribution in [-0.4, -0.2) is 24.0 Å². The quantitative estimate of drug-likeness (QED) is 0.865. The summed E-state index contributed by atoms with van der Waals surface area (Å²) in [6.45, 7) is 5.34. The minimum Gasteiger partial charge on any atom is -0.330 e. The molecule has 18 heavy (non-hydrogen) atoms. The Labute approximate surface area is 111 Å². The summed E-state index contributed by atoms with van der Waals surface area (Å²) in [5.41, 5.74) is 8.43. The number of benzene rings is 1. The molecule has 2 N–H and O–H groups in total. The van der Waals surface area contributed by atoms with E-state index in [2.05, 4.69) is 36.1 Å². The summed E-state index contributed by atoms with van der Waals surface area (Å²) in [5.74, 6) is 0. The van der Waals surface area contributed by atoms with Crippen LogP contribution in [0.5, 0.6) is 0 Å². The first-order valence-corrected chi connectivity index (χ1v) is 7.29. The lowest BCUT2D eigenvalue weighted by Crippen LogP contribution is -2.39. The van der Waals surface area contributed by atoms with Crippen molar-refractivity contribution in [2.45, 2.75) is 51.6 Å². The van der Waals surface area contributed by atoms with Crippen molar-refractivity contribution in [1.29, 1.82) is 0 Å². The molecule has 1 atom stereocenters. The normalized spacial score (nSPS) is 21.1. The molecule has 0 saturated carbocycles. The van der Waals surface area contributed by atoms with E-state index in [1.54, 1.807) is 0 Å². The summed E-state index contributed by atoms with van der Waals surface area (Å²) in [5, 5.41) is 0. The van der Waals surface area contributed by atoms with Crippen LogP contribution in [0.3, 0.4) is 0 Å². The van der Waals surface area contributed by atoms with Gasteiger partial charge in [-0.05, 0) is 51.3 Å². The Bertz CT molecular complexity index is 345. The van der Waals surface area contributed by atoms with Crippen molar-refractivity contribution in [2.24, 2.45) is 5.73 Å². The average molecular weight is 246 g/mol. The lowest BCUT2D eigenvalue weighted by Gasteiger charge is -2.36. The van der Waals surface area contributed by atoms with Crippen LogP contribution in [0.15, 0.2) is 24.3 Å². The van der Waals surface area contributed by atoms with Gasteiger partial charge in [-0.3, -0.25) is 4.90 Å². The van der Waals surface area contributed by atoms with Crippen molar-refractivity contribution in [3.63, 3.8) is 0 Å². The number of hydrogen-bond donors (Lipinski definition) is 1. The van der Waals surface area contributed by atoms with Crippen LogP contribution < -0.4 is 5.73 Å². The van der Waals surface area contributed by atoms with E-state index in [4.69, 9.17) is 5.73 Å². The van der Waals surface area contributed by atoms with Gasteiger partial charge in [0.1, 0.15) is 0 Å². The third kappa shape index (κ3) is 3.82. The summed E-state index contributed by atoms with van der Waals surface area (Å²) >= 11 is 0. The first-order valence-electron chi connectivity index (χ1n) is 7.29. The Morgan fingerprint density at radius 2 is 2.00 bits per heavy atom. The van der Waals surface area contributed by atoms with E-state index in [1.165, 1.54) is 43.4 Å². The fourth-order valence-corrected chi connectivity index (χ4v) is 2.88. The Hall–Kier alpha value is -0.860. The number of likely N-dealkylation sites (tertiary alicyclic amines) is 1. The highest BCUT2D eigenvalue weighted by Crippen LogP contribution is 2.22. The summed E-state index contributed by atoms with van der Waals surface area (Å²) in [6.07, 6.45) is 6.52. The van der Waals surface area contributed by atoms with E-state index in [1.807, 2.05) is 0 Å². The van der Waals surface area contributed by atoms with Gasteiger partial charge in [0, 0.05) is 12.6 Å². The SMILES string of the molecule is Cc1ccc(CN2CCCCC2CCCN)cc1. The zero-order valence-corrected chi connectivity index (χ0v) is 11.6. The van der Waals surface area contributed by atoms with Gasteiger partial charge in [0.25, 0.3) is 0 Å². The number of nitrogens with two attached hydrogens (primary N) is 1. The number of rotatable bonds is 5. The maximum Gasteiger partial charge on any atom is 0.0236 e. The first-order chi connectivity index (χ1) is 8.79. The zero-order valence-electron chi connectivity index (χ0n) is 11.6. The highest BCUT2D eigenvalue weighted by molar-refractivity contribution is 5.21. The molecule has 100 valence electrons. The molecule has 1 unspecified atom stereocenters. The summed E-state index contributed by atoms with van der Waals surface area (Å²) in [7, 11) is 0. The minimum absolute atomic E-state index is 0.753. The Morgan fingerprint density at radius 1 is 1.22 bits per heavy atom. The second-order valence-corrected chi connectivity index (χ2v) is 5.54. The van der Waals surface area contributed by atoms with Gasteiger partial charge in [-0.2, -0.15) is 0 Å². The van der Waals surface area contributed by atoms with Gasteiger partial charge in [-0.25, -0.2) is 0 Å². The third-order valence-electron chi connectivity index (χ3n) is 4.00. The molecule has 1 aliphatic rings. The van der Waals surface area contributed by atoms with Crippen molar-refractivity contribution in [2.75, 3.05) is 13.1 Å². The van der Waals surface area contributed by atoms with Crippen LogP contribution in [0, 0.1) is 6.92 Å². The van der Waals surface area contributed by atoms with E-state index < -0.39 is 0 Å². The van der Waals surface area contributed by atoms with Crippen LogP contribution in [0.25, 0.3) is 0 Å². The molecule has 2 nitrogen and oxygen atoms in total. The van der Waals surface area contributed by atoms with Crippen LogP contribution in [0.4, 0.5) is 0 Å². The predicted molar refractivity (Wildman–Crippen MR) is 77.5 cm³/mol. The summed E-state index contributed by atoms with van der Waals surface area (Å²) in [4.78, 5) is 2.66.